The van der Waals surface area contributed by atoms with Crippen LogP contribution in [0.3, 0.4) is 0 Å². The molecule has 0 bridgehead atoms. The molecule has 1 aliphatic carbocycles. The van der Waals surface area contributed by atoms with Gasteiger partial charge in [-0.25, -0.2) is 4.98 Å². The van der Waals surface area contributed by atoms with Gasteiger partial charge in [-0.15, -0.1) is 0 Å². The van der Waals surface area contributed by atoms with Crippen LogP contribution in [0.1, 0.15) is 40.0 Å². The van der Waals surface area contributed by atoms with Gasteiger partial charge >= 0.3 is 6.18 Å². The van der Waals surface area contributed by atoms with Crippen LogP contribution in [-0.2, 0) is 15.7 Å². The predicted octanol–water partition coefficient (Wildman–Crippen LogP) is 5.07. The Kier molecular flexibility index (Phi) is 5.75. The van der Waals surface area contributed by atoms with E-state index < -0.39 is 17.8 Å². The van der Waals surface area contributed by atoms with Gasteiger partial charge in [-0.05, 0) is 61.2 Å². The topological polar surface area (TPSA) is 84.4 Å². The number of ether oxygens (including phenoxy) is 1. The summed E-state index contributed by atoms with van der Waals surface area (Å²) in [6.45, 7) is 5.66. The van der Waals surface area contributed by atoms with Crippen molar-refractivity contribution in [2.45, 2.75) is 25.9 Å². The first-order valence-electron chi connectivity index (χ1n) is 12.5. The second kappa shape index (κ2) is 8.90. The van der Waals surface area contributed by atoms with E-state index in [9.17, 15) is 22.8 Å². The molecule has 2 aliphatic heterocycles. The minimum Gasteiger partial charge on any atom is -0.381 e. The number of hydrogen-bond acceptors (Lipinski definition) is 5. The summed E-state index contributed by atoms with van der Waals surface area (Å²) in [7, 11) is 0. The van der Waals surface area contributed by atoms with Gasteiger partial charge in [0.2, 0.25) is 5.91 Å². The van der Waals surface area contributed by atoms with Crippen LogP contribution in [0.2, 0.25) is 0 Å². The highest BCUT2D eigenvalue weighted by molar-refractivity contribution is 6.04. The van der Waals surface area contributed by atoms with Crippen molar-refractivity contribution in [2.24, 2.45) is 17.8 Å². The highest BCUT2D eigenvalue weighted by Crippen LogP contribution is 2.60. The molecular weight excluding hydrogens is 497 g/mol. The molecule has 2 fully saturated rings. The van der Waals surface area contributed by atoms with Crippen molar-refractivity contribution in [3.8, 4) is 11.1 Å². The molecule has 7 nitrogen and oxygen atoms in total. The molecule has 4 unspecified atom stereocenters. The third kappa shape index (κ3) is 3.86. The maximum Gasteiger partial charge on any atom is 0.433 e. The summed E-state index contributed by atoms with van der Waals surface area (Å²) in [6, 6.07) is 9.38. The fourth-order valence-electron chi connectivity index (χ4n) is 6.10. The molecule has 3 aliphatic rings. The number of amides is 2. The summed E-state index contributed by atoms with van der Waals surface area (Å²) in [4.78, 5) is 35.7. The fourth-order valence-corrected chi connectivity index (χ4v) is 6.10. The molecule has 6 rings (SSSR count). The maximum absolute atomic E-state index is 13.2. The molecule has 4 atom stereocenters. The third-order valence-electron chi connectivity index (χ3n) is 7.98. The average Bonchev–Trinajstić information content (AvgIpc) is 3.28. The molecule has 1 aromatic carbocycles. The first-order valence-corrected chi connectivity index (χ1v) is 12.5. The van der Waals surface area contributed by atoms with E-state index in [1.54, 1.807) is 23.2 Å². The molecular formula is C28H25F3N4O3. The van der Waals surface area contributed by atoms with Crippen LogP contribution in [0.15, 0.2) is 48.8 Å². The minimum atomic E-state index is -4.64. The number of aromatic nitrogens is 2. The molecule has 1 N–H and O–H groups in total. The number of nitrogens with zero attached hydrogens (tertiary/aromatic N) is 3. The molecule has 3 aromatic rings. The number of halogens is 3. The number of benzene rings is 1. The fraction of sp³-hybridized carbons (Fsp3) is 0.357. The van der Waals surface area contributed by atoms with Gasteiger partial charge in [0, 0.05) is 53.2 Å². The van der Waals surface area contributed by atoms with E-state index in [0.717, 1.165) is 34.5 Å². The van der Waals surface area contributed by atoms with Crippen LogP contribution >= 0.6 is 0 Å². The van der Waals surface area contributed by atoms with Crippen LogP contribution in [0.5, 0.6) is 0 Å². The van der Waals surface area contributed by atoms with Gasteiger partial charge in [0.25, 0.3) is 5.91 Å². The highest BCUT2D eigenvalue weighted by atomic mass is 19.4. The Hall–Kier alpha value is -3.79. The van der Waals surface area contributed by atoms with E-state index >= 15 is 0 Å². The maximum atomic E-state index is 13.2. The van der Waals surface area contributed by atoms with Gasteiger partial charge in [-0.3, -0.25) is 19.5 Å². The Bertz CT molecular complexity index is 1460. The number of nitrogens with one attached hydrogen (secondary N) is 1. The smallest absolute Gasteiger partial charge is 0.381 e. The Morgan fingerprint density at radius 2 is 1.87 bits per heavy atom. The van der Waals surface area contributed by atoms with Gasteiger partial charge in [-0.1, -0.05) is 6.07 Å². The van der Waals surface area contributed by atoms with Crippen LogP contribution < -0.4 is 10.2 Å². The highest BCUT2D eigenvalue weighted by Gasteiger charge is 2.60. The van der Waals surface area contributed by atoms with Crippen molar-refractivity contribution in [1.82, 2.24) is 9.97 Å². The van der Waals surface area contributed by atoms with Gasteiger partial charge in [0.1, 0.15) is 11.5 Å². The first kappa shape index (κ1) is 24.5. The molecule has 38 heavy (non-hydrogen) atoms. The van der Waals surface area contributed by atoms with E-state index in [-0.39, 0.29) is 29.2 Å². The second-order valence-corrected chi connectivity index (χ2v) is 10.0. The van der Waals surface area contributed by atoms with Gasteiger partial charge in [-0.2, -0.15) is 13.2 Å². The number of hydrogen-bond donors (Lipinski definition) is 1. The summed E-state index contributed by atoms with van der Waals surface area (Å²) < 4.78 is 44.8. The number of aryl methyl sites for hydroxylation is 1. The summed E-state index contributed by atoms with van der Waals surface area (Å²) in [5, 5.41) is 2.69. The predicted molar refractivity (Wildman–Crippen MR) is 134 cm³/mol. The molecule has 2 aromatic heterocycles. The van der Waals surface area contributed by atoms with E-state index in [2.05, 4.69) is 16.4 Å². The molecule has 10 heteroatoms. The summed E-state index contributed by atoms with van der Waals surface area (Å²) in [5.41, 5.74) is 2.82. The number of carbonyl (C=O) groups is 2. The van der Waals surface area contributed by atoms with E-state index in [1.165, 1.54) is 6.07 Å². The lowest BCUT2D eigenvalue weighted by Crippen LogP contribution is -2.57. The van der Waals surface area contributed by atoms with E-state index in [1.807, 2.05) is 19.9 Å². The van der Waals surface area contributed by atoms with Crippen LogP contribution in [-0.4, -0.2) is 41.5 Å². The summed E-state index contributed by atoms with van der Waals surface area (Å²) >= 11 is 0. The molecule has 1 saturated heterocycles. The summed E-state index contributed by atoms with van der Waals surface area (Å²) in [6.07, 6.45) is -1.95. The number of carbonyl (C=O) groups excluding carboxylic acids is 2. The zero-order chi connectivity index (χ0) is 26.8. The van der Waals surface area contributed by atoms with Crippen molar-refractivity contribution >= 4 is 23.3 Å². The monoisotopic (exact) mass is 522 g/mol. The Balaban J connectivity index is 1.32. The Morgan fingerprint density at radius 1 is 1.11 bits per heavy atom. The van der Waals surface area contributed by atoms with Crippen LogP contribution in [0.4, 0.5) is 24.7 Å². The molecule has 196 valence electrons. The van der Waals surface area contributed by atoms with Crippen molar-refractivity contribution in [3.05, 3.63) is 71.2 Å². The molecule has 2 amide bonds. The van der Waals surface area contributed by atoms with E-state index in [4.69, 9.17) is 9.72 Å². The first-order chi connectivity index (χ1) is 18.2. The van der Waals surface area contributed by atoms with E-state index in [0.29, 0.717) is 37.2 Å². The molecule has 1 saturated carbocycles. The second-order valence-electron chi connectivity index (χ2n) is 10.0. The number of rotatable bonds is 4. The Labute approximate surface area is 217 Å². The lowest BCUT2D eigenvalue weighted by molar-refractivity contribution is -0.141. The van der Waals surface area contributed by atoms with Crippen LogP contribution in [0, 0.1) is 24.7 Å². The zero-order valence-electron chi connectivity index (χ0n) is 20.7. The van der Waals surface area contributed by atoms with Crippen molar-refractivity contribution < 1.29 is 27.5 Å². The zero-order valence-corrected chi connectivity index (χ0v) is 20.7. The quantitative estimate of drug-likeness (QED) is 0.518. The van der Waals surface area contributed by atoms with Crippen molar-refractivity contribution in [1.29, 1.82) is 0 Å². The largest absolute Gasteiger partial charge is 0.433 e. The van der Waals surface area contributed by atoms with Gasteiger partial charge in [0.05, 0.1) is 19.1 Å². The lowest BCUT2D eigenvalue weighted by Gasteiger charge is -2.52. The average molecular weight is 523 g/mol. The minimum absolute atomic E-state index is 0.0676. The summed E-state index contributed by atoms with van der Waals surface area (Å²) in [5.74, 6) is 0.643. The number of fused-ring (bicyclic) bond motifs is 6. The number of pyridine rings is 2. The normalized spacial score (nSPS) is 23.8. The number of anilines is 2. The van der Waals surface area contributed by atoms with Gasteiger partial charge in [0.15, 0.2) is 0 Å². The van der Waals surface area contributed by atoms with Crippen molar-refractivity contribution in [2.75, 3.05) is 30.0 Å². The third-order valence-corrected chi connectivity index (χ3v) is 7.98. The molecule has 0 spiro atoms. The van der Waals surface area contributed by atoms with Crippen LogP contribution in [0.25, 0.3) is 11.1 Å². The molecule has 4 heterocycles. The lowest BCUT2D eigenvalue weighted by atomic mass is 9.54. The SMILES string of the molecule is CCN1C(=O)C2C3COCC3C2c2cc(-c3cc(NC(=O)c4ccnc(C(F)(F)F)c4)ccc3C)cnc21. The molecule has 0 radical (unpaired) electrons. The number of alkyl halides is 3. The Morgan fingerprint density at radius 3 is 2.61 bits per heavy atom. The standard InChI is InChI=1S/C28H25F3N4O3/c1-3-35-25-19(23-20-12-38-13-21(20)24(23)27(35)37)8-16(11-33-25)18-10-17(5-4-14(18)2)34-26(36)15-6-7-32-22(9-15)28(29,30)31/h4-11,20-21,23-24H,3,12-13H2,1-2H3,(H,34,36). The van der Waals surface area contributed by atoms with Gasteiger partial charge < -0.3 is 10.1 Å². The van der Waals surface area contributed by atoms with Crippen molar-refractivity contribution in [3.63, 3.8) is 0 Å².